The molecule has 0 amide bonds. The molecule has 0 aliphatic carbocycles. The van der Waals surface area contributed by atoms with Crippen LogP contribution in [0.3, 0.4) is 0 Å². The Balaban J connectivity index is 3.46. The molecule has 15 heavy (non-hydrogen) atoms. The summed E-state index contributed by atoms with van der Waals surface area (Å²) in [6, 6.07) is 0. The first-order chi connectivity index (χ1) is 7.18. The Labute approximate surface area is 99.2 Å². The zero-order valence-corrected chi connectivity index (χ0v) is 11.3. The molecule has 0 aliphatic rings. The summed E-state index contributed by atoms with van der Waals surface area (Å²) in [7, 11) is 0. The molecule has 0 aromatic heterocycles. The van der Waals surface area contributed by atoms with E-state index in [0.29, 0.717) is 0 Å². The molecule has 0 bridgehead atoms. The average molecular weight is 233 g/mol. The number of unbranched alkanes of at least 4 members (excludes halogenated alkanes) is 1. The van der Waals surface area contributed by atoms with Crippen molar-refractivity contribution >= 4 is 11.8 Å². The molecule has 3 heteroatoms. The Bertz CT molecular complexity index is 144. The highest BCUT2D eigenvalue weighted by atomic mass is 32.2. The highest BCUT2D eigenvalue weighted by Crippen LogP contribution is 2.15. The quantitative estimate of drug-likeness (QED) is 0.569. The van der Waals surface area contributed by atoms with Crippen LogP contribution < -0.4 is 5.32 Å². The van der Waals surface area contributed by atoms with Crippen LogP contribution in [0.25, 0.3) is 0 Å². The summed E-state index contributed by atoms with van der Waals surface area (Å²) in [6.07, 6.45) is 4.88. The van der Waals surface area contributed by atoms with Gasteiger partial charge in [0.15, 0.2) is 0 Å². The first kappa shape index (κ1) is 15.3. The van der Waals surface area contributed by atoms with Gasteiger partial charge in [-0.3, -0.25) is 0 Å². The average Bonchev–Trinajstić information content (AvgIpc) is 2.24. The van der Waals surface area contributed by atoms with Gasteiger partial charge in [0.05, 0.1) is 6.61 Å². The molecule has 0 spiro atoms. The molecule has 92 valence electrons. The van der Waals surface area contributed by atoms with Gasteiger partial charge in [0.25, 0.3) is 0 Å². The fraction of sp³-hybridized carbons (Fsp3) is 1.00. The predicted molar refractivity (Wildman–Crippen MR) is 70.6 cm³/mol. The Kier molecular flexibility index (Phi) is 9.66. The summed E-state index contributed by atoms with van der Waals surface area (Å²) >= 11 is 2.04. The second kappa shape index (κ2) is 9.49. The summed E-state index contributed by atoms with van der Waals surface area (Å²) in [5.41, 5.74) is -0.0694. The van der Waals surface area contributed by atoms with Crippen molar-refractivity contribution in [1.29, 1.82) is 0 Å². The van der Waals surface area contributed by atoms with Crippen molar-refractivity contribution < 1.29 is 5.11 Å². The lowest BCUT2D eigenvalue weighted by Crippen LogP contribution is -2.45. The fourth-order valence-electron chi connectivity index (χ4n) is 1.56. The second-order valence-electron chi connectivity index (χ2n) is 4.32. The fourth-order valence-corrected chi connectivity index (χ4v) is 2.61. The maximum Gasteiger partial charge on any atom is 0.0610 e. The van der Waals surface area contributed by atoms with Crippen molar-refractivity contribution in [2.24, 2.45) is 0 Å². The molecule has 0 aromatic rings. The van der Waals surface area contributed by atoms with Crippen LogP contribution in [0.1, 0.15) is 46.5 Å². The summed E-state index contributed by atoms with van der Waals surface area (Å²) < 4.78 is 0. The van der Waals surface area contributed by atoms with Crippen LogP contribution >= 0.6 is 11.8 Å². The molecule has 0 aliphatic heterocycles. The lowest BCUT2D eigenvalue weighted by Gasteiger charge is -2.28. The van der Waals surface area contributed by atoms with E-state index in [1.165, 1.54) is 30.8 Å². The van der Waals surface area contributed by atoms with Crippen LogP contribution in [0.5, 0.6) is 0 Å². The largest absolute Gasteiger partial charge is 0.394 e. The Morgan fingerprint density at radius 2 is 1.87 bits per heavy atom. The van der Waals surface area contributed by atoms with Gasteiger partial charge in [-0.15, -0.1) is 0 Å². The number of thioether (sulfide) groups is 1. The Hall–Kier alpha value is 0.270. The number of rotatable bonds is 10. The molecule has 0 saturated carbocycles. The lowest BCUT2D eigenvalue weighted by atomic mass is 9.97. The third-order valence-corrected chi connectivity index (χ3v) is 3.77. The number of nitrogens with one attached hydrogen (secondary N) is 1. The molecular weight excluding hydrogens is 206 g/mol. The van der Waals surface area contributed by atoms with E-state index in [1.54, 1.807) is 0 Å². The molecule has 1 atom stereocenters. The predicted octanol–water partition coefficient (Wildman–Crippen LogP) is 2.66. The van der Waals surface area contributed by atoms with Gasteiger partial charge in [0.1, 0.15) is 0 Å². The van der Waals surface area contributed by atoms with Crippen molar-refractivity contribution in [3.05, 3.63) is 0 Å². The van der Waals surface area contributed by atoms with Gasteiger partial charge in [0.2, 0.25) is 0 Å². The Morgan fingerprint density at radius 3 is 2.40 bits per heavy atom. The van der Waals surface area contributed by atoms with Crippen molar-refractivity contribution in [2.75, 3.05) is 24.7 Å². The Morgan fingerprint density at radius 1 is 1.20 bits per heavy atom. The molecule has 0 fully saturated rings. The van der Waals surface area contributed by atoms with E-state index in [9.17, 15) is 5.11 Å². The van der Waals surface area contributed by atoms with Crippen LogP contribution in [0.15, 0.2) is 0 Å². The topological polar surface area (TPSA) is 32.3 Å². The first-order valence-electron chi connectivity index (χ1n) is 6.12. The number of hydrogen-bond donors (Lipinski definition) is 2. The van der Waals surface area contributed by atoms with Crippen LogP contribution in [0.2, 0.25) is 0 Å². The van der Waals surface area contributed by atoms with Crippen LogP contribution in [0, 0.1) is 0 Å². The summed E-state index contributed by atoms with van der Waals surface area (Å²) in [4.78, 5) is 0. The van der Waals surface area contributed by atoms with Gasteiger partial charge in [-0.25, -0.2) is 0 Å². The number of hydrogen-bond acceptors (Lipinski definition) is 3. The van der Waals surface area contributed by atoms with E-state index < -0.39 is 0 Å². The number of aliphatic hydroxyl groups is 1. The number of aliphatic hydroxyl groups excluding tert-OH is 1. The smallest absolute Gasteiger partial charge is 0.0610 e. The highest BCUT2D eigenvalue weighted by Gasteiger charge is 2.20. The lowest BCUT2D eigenvalue weighted by molar-refractivity contribution is 0.167. The van der Waals surface area contributed by atoms with Crippen molar-refractivity contribution in [2.45, 2.75) is 52.0 Å². The zero-order valence-electron chi connectivity index (χ0n) is 10.5. The maximum atomic E-state index is 9.29. The van der Waals surface area contributed by atoms with E-state index in [1.807, 2.05) is 11.8 Å². The van der Waals surface area contributed by atoms with Crippen LogP contribution in [-0.4, -0.2) is 35.3 Å². The maximum absolute atomic E-state index is 9.29. The minimum atomic E-state index is -0.0694. The normalized spacial score (nSPS) is 15.2. The molecular formula is C12H27NOS. The molecule has 0 radical (unpaired) electrons. The third kappa shape index (κ3) is 8.12. The molecule has 2 nitrogen and oxygen atoms in total. The van der Waals surface area contributed by atoms with Crippen LogP contribution in [0.4, 0.5) is 0 Å². The summed E-state index contributed by atoms with van der Waals surface area (Å²) in [5.74, 6) is 2.51. The van der Waals surface area contributed by atoms with Gasteiger partial charge in [-0.05, 0) is 44.2 Å². The van der Waals surface area contributed by atoms with Gasteiger partial charge in [-0.1, -0.05) is 20.3 Å². The zero-order chi connectivity index (χ0) is 11.6. The van der Waals surface area contributed by atoms with Crippen molar-refractivity contribution in [3.63, 3.8) is 0 Å². The van der Waals surface area contributed by atoms with E-state index in [2.05, 4.69) is 26.1 Å². The monoisotopic (exact) mass is 233 g/mol. The summed E-state index contributed by atoms with van der Waals surface area (Å²) in [6.45, 7) is 7.59. The molecule has 1 unspecified atom stereocenters. The second-order valence-corrected chi connectivity index (χ2v) is 5.54. The SMILES string of the molecule is CCCCSCCCC(C)(CO)NCC. The van der Waals surface area contributed by atoms with E-state index in [4.69, 9.17) is 0 Å². The van der Waals surface area contributed by atoms with Crippen molar-refractivity contribution in [3.8, 4) is 0 Å². The van der Waals surface area contributed by atoms with E-state index >= 15 is 0 Å². The third-order valence-electron chi connectivity index (χ3n) is 2.61. The molecule has 0 rings (SSSR count). The standard InChI is InChI=1S/C12H27NOS/c1-4-6-9-15-10-7-8-12(3,11-14)13-5-2/h13-14H,4-11H2,1-3H3. The van der Waals surface area contributed by atoms with Gasteiger partial charge in [-0.2, -0.15) is 11.8 Å². The first-order valence-corrected chi connectivity index (χ1v) is 7.27. The van der Waals surface area contributed by atoms with Gasteiger partial charge in [0, 0.05) is 5.54 Å². The minimum Gasteiger partial charge on any atom is -0.394 e. The molecule has 0 heterocycles. The molecule has 0 saturated heterocycles. The van der Waals surface area contributed by atoms with Crippen molar-refractivity contribution in [1.82, 2.24) is 5.32 Å². The minimum absolute atomic E-state index is 0.0694. The van der Waals surface area contributed by atoms with Gasteiger partial charge < -0.3 is 10.4 Å². The van der Waals surface area contributed by atoms with E-state index in [-0.39, 0.29) is 12.1 Å². The summed E-state index contributed by atoms with van der Waals surface area (Å²) in [5, 5.41) is 12.6. The number of likely N-dealkylation sites (N-methyl/N-ethyl adjacent to an activating group) is 1. The molecule has 0 aromatic carbocycles. The highest BCUT2D eigenvalue weighted by molar-refractivity contribution is 7.99. The van der Waals surface area contributed by atoms with Gasteiger partial charge >= 0.3 is 0 Å². The van der Waals surface area contributed by atoms with E-state index in [0.717, 1.165) is 13.0 Å². The molecule has 2 N–H and O–H groups in total. The van der Waals surface area contributed by atoms with Crippen LogP contribution in [-0.2, 0) is 0 Å².